The smallest absolute Gasteiger partial charge is 0.335 e. The molecule has 1 N–H and O–H groups in total. The van der Waals surface area contributed by atoms with E-state index in [1.54, 1.807) is 17.4 Å². The van der Waals surface area contributed by atoms with Gasteiger partial charge >= 0.3 is 5.97 Å². The number of hydrogen-bond donors (Lipinski definition) is 1. The average Bonchev–Trinajstić information content (AvgIpc) is 2.86. The maximum atomic E-state index is 11.0. The minimum Gasteiger partial charge on any atom is -0.486 e. The summed E-state index contributed by atoms with van der Waals surface area (Å²) < 4.78 is 6.39. The highest BCUT2D eigenvalue weighted by atomic mass is 79.9. The first-order valence-electron chi connectivity index (χ1n) is 6.38. The standard InChI is InChI=1S/C15H16BrNO3S/c1-15(2,3)14-17-10(8-21-14)7-20-12-6-9(13(18)19)4-5-11(12)16/h4-6,8H,7H2,1-3H3,(H,18,19). The molecule has 0 saturated heterocycles. The lowest BCUT2D eigenvalue weighted by Gasteiger charge is -2.13. The minimum absolute atomic E-state index is 0.0206. The number of hydrogen-bond acceptors (Lipinski definition) is 4. The Morgan fingerprint density at radius 2 is 2.14 bits per heavy atom. The van der Waals surface area contributed by atoms with E-state index in [1.807, 2.05) is 5.38 Å². The Balaban J connectivity index is 2.11. The fourth-order valence-electron chi connectivity index (χ4n) is 1.62. The number of aromatic nitrogens is 1. The van der Waals surface area contributed by atoms with Crippen molar-refractivity contribution in [2.75, 3.05) is 0 Å². The molecule has 1 aromatic heterocycles. The van der Waals surface area contributed by atoms with Crippen LogP contribution in [0.2, 0.25) is 0 Å². The number of carboxylic acid groups (broad SMARTS) is 1. The largest absolute Gasteiger partial charge is 0.486 e. The molecule has 0 unspecified atom stereocenters. The molecule has 0 aliphatic carbocycles. The van der Waals surface area contributed by atoms with Crippen molar-refractivity contribution in [1.29, 1.82) is 0 Å². The van der Waals surface area contributed by atoms with Gasteiger partial charge in [-0.25, -0.2) is 9.78 Å². The van der Waals surface area contributed by atoms with Crippen LogP contribution >= 0.6 is 27.3 Å². The van der Waals surface area contributed by atoms with E-state index < -0.39 is 5.97 Å². The molecule has 2 aromatic rings. The second kappa shape index (κ2) is 6.15. The van der Waals surface area contributed by atoms with Crippen LogP contribution in [0.25, 0.3) is 0 Å². The SMILES string of the molecule is CC(C)(C)c1nc(COc2cc(C(=O)O)ccc2Br)cs1. The van der Waals surface area contributed by atoms with Crippen LogP contribution < -0.4 is 4.74 Å². The van der Waals surface area contributed by atoms with Crippen LogP contribution in [-0.4, -0.2) is 16.1 Å². The zero-order chi connectivity index (χ0) is 15.6. The van der Waals surface area contributed by atoms with Crippen molar-refractivity contribution >= 4 is 33.2 Å². The number of benzene rings is 1. The van der Waals surface area contributed by atoms with Gasteiger partial charge in [-0.1, -0.05) is 20.8 Å². The van der Waals surface area contributed by atoms with Crippen molar-refractivity contribution in [1.82, 2.24) is 4.98 Å². The molecule has 1 heterocycles. The lowest BCUT2D eigenvalue weighted by atomic mass is 9.98. The van der Waals surface area contributed by atoms with E-state index in [2.05, 4.69) is 41.7 Å². The van der Waals surface area contributed by atoms with E-state index in [0.717, 1.165) is 15.2 Å². The van der Waals surface area contributed by atoms with Gasteiger partial charge in [-0.15, -0.1) is 11.3 Å². The molecule has 0 aliphatic heterocycles. The third kappa shape index (κ3) is 4.04. The zero-order valence-electron chi connectivity index (χ0n) is 12.0. The van der Waals surface area contributed by atoms with Gasteiger partial charge in [0, 0.05) is 10.8 Å². The fraction of sp³-hybridized carbons (Fsp3) is 0.333. The first-order chi connectivity index (χ1) is 9.77. The van der Waals surface area contributed by atoms with Gasteiger partial charge in [0.2, 0.25) is 0 Å². The quantitative estimate of drug-likeness (QED) is 0.862. The number of rotatable bonds is 4. The Bertz CT molecular complexity index is 661. The Morgan fingerprint density at radius 3 is 2.71 bits per heavy atom. The van der Waals surface area contributed by atoms with Gasteiger partial charge in [-0.2, -0.15) is 0 Å². The number of halogens is 1. The van der Waals surface area contributed by atoms with Crippen LogP contribution in [0.3, 0.4) is 0 Å². The summed E-state index contributed by atoms with van der Waals surface area (Å²) in [6, 6.07) is 4.70. The third-order valence-electron chi connectivity index (χ3n) is 2.75. The van der Waals surface area contributed by atoms with Crippen molar-refractivity contribution in [2.45, 2.75) is 32.8 Å². The Hall–Kier alpha value is -1.40. The van der Waals surface area contributed by atoms with Crippen LogP contribution in [-0.2, 0) is 12.0 Å². The maximum absolute atomic E-state index is 11.0. The van der Waals surface area contributed by atoms with Gasteiger partial charge in [0.25, 0.3) is 0 Å². The summed E-state index contributed by atoms with van der Waals surface area (Å²) in [5, 5.41) is 12.0. The average molecular weight is 370 g/mol. The first kappa shape index (κ1) is 16.0. The van der Waals surface area contributed by atoms with E-state index in [4.69, 9.17) is 9.84 Å². The van der Waals surface area contributed by atoms with Gasteiger partial charge in [0.1, 0.15) is 12.4 Å². The Morgan fingerprint density at radius 1 is 1.43 bits per heavy atom. The Kier molecular flexibility index (Phi) is 4.68. The summed E-state index contributed by atoms with van der Waals surface area (Å²) in [4.78, 5) is 15.5. The number of aromatic carboxylic acids is 1. The van der Waals surface area contributed by atoms with Crippen molar-refractivity contribution in [3.05, 3.63) is 44.3 Å². The summed E-state index contributed by atoms with van der Waals surface area (Å²) in [6.45, 7) is 6.66. The van der Waals surface area contributed by atoms with E-state index >= 15 is 0 Å². The van der Waals surface area contributed by atoms with Gasteiger partial charge in [0.05, 0.1) is 20.7 Å². The topological polar surface area (TPSA) is 59.4 Å². The summed E-state index contributed by atoms with van der Waals surface area (Å²) in [6.07, 6.45) is 0. The molecule has 21 heavy (non-hydrogen) atoms. The van der Waals surface area contributed by atoms with Gasteiger partial charge in [0.15, 0.2) is 0 Å². The molecular formula is C15H16BrNO3S. The van der Waals surface area contributed by atoms with Crippen molar-refractivity contribution in [3.8, 4) is 5.75 Å². The molecule has 0 bridgehead atoms. The highest BCUT2D eigenvalue weighted by molar-refractivity contribution is 9.10. The summed E-state index contributed by atoms with van der Waals surface area (Å²) in [5.41, 5.74) is 1.06. The predicted molar refractivity (Wildman–Crippen MR) is 86.2 cm³/mol. The molecule has 112 valence electrons. The molecule has 0 saturated carbocycles. The summed E-state index contributed by atoms with van der Waals surface area (Å²) >= 11 is 4.96. The highest BCUT2D eigenvalue weighted by Gasteiger charge is 2.18. The van der Waals surface area contributed by atoms with E-state index in [9.17, 15) is 4.79 Å². The van der Waals surface area contributed by atoms with Crippen LogP contribution in [0.5, 0.6) is 5.75 Å². The summed E-state index contributed by atoms with van der Waals surface area (Å²) in [5.74, 6) is -0.476. The molecular weight excluding hydrogens is 354 g/mol. The van der Waals surface area contributed by atoms with Crippen LogP contribution in [0, 0.1) is 0 Å². The molecule has 0 atom stereocenters. The fourth-order valence-corrected chi connectivity index (χ4v) is 2.87. The third-order valence-corrected chi connectivity index (χ3v) is 4.72. The van der Waals surface area contributed by atoms with Gasteiger partial charge in [-0.3, -0.25) is 0 Å². The number of ether oxygens (including phenoxy) is 1. The van der Waals surface area contributed by atoms with Crippen LogP contribution in [0.1, 0.15) is 41.8 Å². The first-order valence-corrected chi connectivity index (χ1v) is 8.05. The molecule has 1 aromatic carbocycles. The molecule has 0 aliphatic rings. The number of carbonyl (C=O) groups is 1. The second-order valence-corrected chi connectivity index (χ2v) is 7.35. The second-order valence-electron chi connectivity index (χ2n) is 5.63. The number of carboxylic acids is 1. The lowest BCUT2D eigenvalue weighted by Crippen LogP contribution is -2.10. The Labute approximate surface area is 135 Å². The molecule has 0 fully saturated rings. The van der Waals surface area contributed by atoms with Crippen molar-refractivity contribution < 1.29 is 14.6 Å². The monoisotopic (exact) mass is 369 g/mol. The lowest BCUT2D eigenvalue weighted by molar-refractivity contribution is 0.0696. The summed E-state index contributed by atoms with van der Waals surface area (Å²) in [7, 11) is 0. The van der Waals surface area contributed by atoms with Crippen LogP contribution in [0.15, 0.2) is 28.1 Å². The van der Waals surface area contributed by atoms with E-state index in [0.29, 0.717) is 12.4 Å². The molecule has 0 radical (unpaired) electrons. The number of thiazole rings is 1. The van der Waals surface area contributed by atoms with E-state index in [1.165, 1.54) is 12.1 Å². The maximum Gasteiger partial charge on any atom is 0.335 e. The minimum atomic E-state index is -0.976. The van der Waals surface area contributed by atoms with Crippen molar-refractivity contribution in [3.63, 3.8) is 0 Å². The van der Waals surface area contributed by atoms with Crippen molar-refractivity contribution in [2.24, 2.45) is 0 Å². The normalized spacial score (nSPS) is 11.4. The van der Waals surface area contributed by atoms with Gasteiger partial charge in [-0.05, 0) is 34.1 Å². The number of nitrogens with zero attached hydrogens (tertiary/aromatic N) is 1. The van der Waals surface area contributed by atoms with Gasteiger partial charge < -0.3 is 9.84 Å². The molecule has 4 nitrogen and oxygen atoms in total. The van der Waals surface area contributed by atoms with Crippen LogP contribution in [0.4, 0.5) is 0 Å². The predicted octanol–water partition coefficient (Wildman–Crippen LogP) is 4.48. The molecule has 6 heteroatoms. The molecule has 2 rings (SSSR count). The van der Waals surface area contributed by atoms with E-state index in [-0.39, 0.29) is 11.0 Å². The molecule has 0 spiro atoms. The zero-order valence-corrected chi connectivity index (χ0v) is 14.4. The molecule has 0 amide bonds. The highest BCUT2D eigenvalue weighted by Crippen LogP contribution is 2.29.